The third-order valence-corrected chi connectivity index (χ3v) is 5.23. The van der Waals surface area contributed by atoms with Crippen LogP contribution in [-0.2, 0) is 15.4 Å². The Morgan fingerprint density at radius 3 is 2.41 bits per heavy atom. The van der Waals surface area contributed by atoms with Gasteiger partial charge in [-0.2, -0.15) is 4.89 Å². The standard InChI is InChI=1S/C23H28O4/c1-3-4-5-6-7-10-15-26-23(27-25)20-12-9-8-11-18(20)22(24)19-16-17(2)13-14-21(19)23/h8-9,11-14,16,25H,3-7,10,15H2,1-2H3. The molecule has 0 saturated heterocycles. The number of unbranched alkanes of at least 4 members (excludes halogenated alkanes) is 5. The van der Waals surface area contributed by atoms with Crippen LogP contribution in [0.25, 0.3) is 0 Å². The van der Waals surface area contributed by atoms with E-state index >= 15 is 0 Å². The van der Waals surface area contributed by atoms with E-state index in [1.807, 2.05) is 37.3 Å². The van der Waals surface area contributed by atoms with Crippen LogP contribution in [0.5, 0.6) is 0 Å². The van der Waals surface area contributed by atoms with Crippen LogP contribution in [0.1, 0.15) is 78.1 Å². The van der Waals surface area contributed by atoms with Crippen molar-refractivity contribution in [2.45, 2.75) is 58.2 Å². The highest BCUT2D eigenvalue weighted by Crippen LogP contribution is 2.43. The Kier molecular flexibility index (Phi) is 6.42. The fourth-order valence-electron chi connectivity index (χ4n) is 3.77. The molecule has 144 valence electrons. The predicted molar refractivity (Wildman–Crippen MR) is 105 cm³/mol. The molecule has 0 spiro atoms. The Balaban J connectivity index is 1.87. The molecule has 1 aliphatic carbocycles. The molecule has 4 nitrogen and oxygen atoms in total. The zero-order valence-electron chi connectivity index (χ0n) is 16.2. The van der Waals surface area contributed by atoms with E-state index in [-0.39, 0.29) is 5.78 Å². The number of hydrogen-bond acceptors (Lipinski definition) is 4. The molecule has 0 aromatic heterocycles. The Hall–Kier alpha value is -2.01. The summed E-state index contributed by atoms with van der Waals surface area (Å²) < 4.78 is 6.14. The molecule has 0 amide bonds. The number of benzene rings is 2. The highest BCUT2D eigenvalue weighted by Gasteiger charge is 2.46. The highest BCUT2D eigenvalue weighted by molar-refractivity contribution is 6.13. The van der Waals surface area contributed by atoms with Crippen molar-refractivity contribution in [3.05, 3.63) is 70.3 Å². The first-order valence-corrected chi connectivity index (χ1v) is 9.86. The lowest BCUT2D eigenvalue weighted by atomic mass is 9.80. The number of rotatable bonds is 9. The van der Waals surface area contributed by atoms with Crippen molar-refractivity contribution in [3.8, 4) is 0 Å². The monoisotopic (exact) mass is 368 g/mol. The number of hydrogen-bond donors (Lipinski definition) is 1. The highest BCUT2D eigenvalue weighted by atomic mass is 17.1. The van der Waals surface area contributed by atoms with Gasteiger partial charge in [-0.05, 0) is 19.4 Å². The first-order chi connectivity index (χ1) is 13.1. The van der Waals surface area contributed by atoms with Gasteiger partial charge in [0.1, 0.15) is 0 Å². The van der Waals surface area contributed by atoms with Gasteiger partial charge in [-0.3, -0.25) is 4.79 Å². The summed E-state index contributed by atoms with van der Waals surface area (Å²) in [6.45, 7) is 4.58. The van der Waals surface area contributed by atoms with Crippen molar-refractivity contribution in [3.63, 3.8) is 0 Å². The number of ether oxygens (including phenoxy) is 1. The summed E-state index contributed by atoms with van der Waals surface area (Å²) in [7, 11) is 0. The van der Waals surface area contributed by atoms with E-state index < -0.39 is 5.79 Å². The second-order valence-corrected chi connectivity index (χ2v) is 7.25. The van der Waals surface area contributed by atoms with Gasteiger partial charge in [0.2, 0.25) is 0 Å². The summed E-state index contributed by atoms with van der Waals surface area (Å²) in [4.78, 5) is 17.9. The molecular formula is C23H28O4. The molecule has 0 fully saturated rings. The quantitative estimate of drug-likeness (QED) is 0.271. The Morgan fingerprint density at radius 1 is 0.926 bits per heavy atom. The summed E-state index contributed by atoms with van der Waals surface area (Å²) in [5.41, 5.74) is 3.12. The van der Waals surface area contributed by atoms with Gasteiger partial charge in [-0.15, -0.1) is 0 Å². The van der Waals surface area contributed by atoms with E-state index in [1.165, 1.54) is 25.7 Å². The van der Waals surface area contributed by atoms with Crippen LogP contribution in [-0.4, -0.2) is 17.6 Å². The number of carbonyl (C=O) groups excluding carboxylic acids is 1. The van der Waals surface area contributed by atoms with Gasteiger partial charge in [-0.1, -0.05) is 81.0 Å². The molecule has 2 aromatic rings. The maximum atomic E-state index is 12.9. The van der Waals surface area contributed by atoms with Crippen LogP contribution in [0.2, 0.25) is 0 Å². The Labute approximate surface area is 161 Å². The Bertz CT molecular complexity index is 799. The maximum Gasteiger partial charge on any atom is 0.255 e. The van der Waals surface area contributed by atoms with Crippen LogP contribution in [0.15, 0.2) is 42.5 Å². The molecule has 0 saturated carbocycles. The summed E-state index contributed by atoms with van der Waals surface area (Å²) in [5, 5.41) is 9.93. The number of carbonyl (C=O) groups is 1. The van der Waals surface area contributed by atoms with Crippen molar-refractivity contribution in [2.24, 2.45) is 0 Å². The molecule has 1 N–H and O–H groups in total. The normalized spacial score (nSPS) is 18.3. The lowest BCUT2D eigenvalue weighted by molar-refractivity contribution is -0.396. The average Bonchev–Trinajstić information content (AvgIpc) is 2.70. The molecule has 0 radical (unpaired) electrons. The van der Waals surface area contributed by atoms with Gasteiger partial charge >= 0.3 is 0 Å². The molecular weight excluding hydrogens is 340 g/mol. The number of fused-ring (bicyclic) bond motifs is 2. The molecule has 1 atom stereocenters. The average molecular weight is 368 g/mol. The third-order valence-electron chi connectivity index (χ3n) is 5.23. The van der Waals surface area contributed by atoms with Crippen LogP contribution >= 0.6 is 0 Å². The van der Waals surface area contributed by atoms with Crippen LogP contribution < -0.4 is 0 Å². The van der Waals surface area contributed by atoms with Crippen molar-refractivity contribution in [1.82, 2.24) is 0 Å². The lowest BCUT2D eigenvalue weighted by Crippen LogP contribution is -2.40. The molecule has 1 aliphatic rings. The molecule has 2 aromatic carbocycles. The fourth-order valence-corrected chi connectivity index (χ4v) is 3.77. The van der Waals surface area contributed by atoms with E-state index in [2.05, 4.69) is 6.92 Å². The molecule has 27 heavy (non-hydrogen) atoms. The minimum absolute atomic E-state index is 0.0693. The SMILES string of the molecule is CCCCCCCCOC1(OO)c2ccccc2C(=O)c2cc(C)ccc21. The van der Waals surface area contributed by atoms with Crippen LogP contribution in [0, 0.1) is 6.92 Å². The predicted octanol–water partition coefficient (Wildman–Crippen LogP) is 5.61. The number of ketones is 1. The fraction of sp³-hybridized carbons (Fsp3) is 0.435. The first kappa shape index (κ1) is 19.7. The van der Waals surface area contributed by atoms with E-state index in [4.69, 9.17) is 9.62 Å². The number of aryl methyl sites for hydroxylation is 1. The van der Waals surface area contributed by atoms with E-state index in [0.717, 1.165) is 18.4 Å². The summed E-state index contributed by atoms with van der Waals surface area (Å²) in [6.07, 6.45) is 6.84. The second kappa shape index (κ2) is 8.79. The molecule has 0 heterocycles. The minimum Gasteiger partial charge on any atom is -0.340 e. The van der Waals surface area contributed by atoms with Gasteiger partial charge in [0.05, 0.1) is 6.61 Å². The third kappa shape index (κ3) is 3.84. The maximum absolute atomic E-state index is 12.9. The van der Waals surface area contributed by atoms with Crippen molar-refractivity contribution in [1.29, 1.82) is 0 Å². The van der Waals surface area contributed by atoms with Crippen LogP contribution in [0.3, 0.4) is 0 Å². The largest absolute Gasteiger partial charge is 0.340 e. The smallest absolute Gasteiger partial charge is 0.255 e. The van der Waals surface area contributed by atoms with E-state index in [1.54, 1.807) is 12.1 Å². The second-order valence-electron chi connectivity index (χ2n) is 7.25. The molecule has 0 aliphatic heterocycles. The van der Waals surface area contributed by atoms with Gasteiger partial charge in [0, 0.05) is 22.3 Å². The van der Waals surface area contributed by atoms with Gasteiger partial charge in [0.15, 0.2) is 5.78 Å². The van der Waals surface area contributed by atoms with Crippen molar-refractivity contribution in [2.75, 3.05) is 6.61 Å². The first-order valence-electron chi connectivity index (χ1n) is 9.86. The van der Waals surface area contributed by atoms with E-state index in [9.17, 15) is 10.1 Å². The molecule has 0 bridgehead atoms. The van der Waals surface area contributed by atoms with Gasteiger partial charge < -0.3 is 4.74 Å². The van der Waals surface area contributed by atoms with Crippen molar-refractivity contribution < 1.29 is 19.7 Å². The topological polar surface area (TPSA) is 55.8 Å². The Morgan fingerprint density at radius 2 is 1.63 bits per heavy atom. The molecule has 1 unspecified atom stereocenters. The molecule has 4 heteroatoms. The van der Waals surface area contributed by atoms with Crippen LogP contribution in [0.4, 0.5) is 0 Å². The van der Waals surface area contributed by atoms with Gasteiger partial charge in [-0.25, -0.2) is 5.26 Å². The minimum atomic E-state index is -1.46. The summed E-state index contributed by atoms with van der Waals surface area (Å²) >= 11 is 0. The zero-order chi connectivity index (χ0) is 19.3. The lowest BCUT2D eigenvalue weighted by Gasteiger charge is -2.37. The zero-order valence-corrected chi connectivity index (χ0v) is 16.2. The van der Waals surface area contributed by atoms with Crippen molar-refractivity contribution >= 4 is 5.78 Å². The summed E-state index contributed by atoms with van der Waals surface area (Å²) in [6, 6.07) is 12.7. The van der Waals surface area contributed by atoms with E-state index in [0.29, 0.717) is 28.9 Å². The van der Waals surface area contributed by atoms with Gasteiger partial charge in [0.25, 0.3) is 5.79 Å². The molecule has 3 rings (SSSR count). The summed E-state index contributed by atoms with van der Waals surface area (Å²) in [5.74, 6) is -1.53.